The van der Waals surface area contributed by atoms with Crippen molar-refractivity contribution in [3.8, 4) is 5.75 Å². The topological polar surface area (TPSA) is 38.8 Å². The molecule has 0 unspecified atom stereocenters. The second kappa shape index (κ2) is 7.00. The van der Waals surface area contributed by atoms with Gasteiger partial charge < -0.3 is 14.4 Å². The standard InChI is InChI=1S/C15H18F3NO3/c1-21-13-6-2-11(3-7-13)8-19(12-4-5-12)14(20)9-22-10-15(16,17)18/h2-3,6-7,12H,4-5,8-10H2,1H3. The third-order valence-electron chi connectivity index (χ3n) is 3.31. The van der Waals surface area contributed by atoms with Gasteiger partial charge in [-0.05, 0) is 30.5 Å². The predicted molar refractivity (Wildman–Crippen MR) is 73.4 cm³/mol. The van der Waals surface area contributed by atoms with Crippen LogP contribution in [-0.2, 0) is 16.1 Å². The molecular formula is C15H18F3NO3. The van der Waals surface area contributed by atoms with E-state index >= 15 is 0 Å². The molecule has 0 aromatic heterocycles. The summed E-state index contributed by atoms with van der Waals surface area (Å²) in [4.78, 5) is 13.6. The van der Waals surface area contributed by atoms with Crippen LogP contribution in [0.2, 0.25) is 0 Å². The van der Waals surface area contributed by atoms with Gasteiger partial charge in [0.25, 0.3) is 0 Å². The maximum Gasteiger partial charge on any atom is 0.411 e. The Morgan fingerprint density at radius 3 is 2.41 bits per heavy atom. The average molecular weight is 317 g/mol. The monoisotopic (exact) mass is 317 g/mol. The summed E-state index contributed by atoms with van der Waals surface area (Å²) >= 11 is 0. The van der Waals surface area contributed by atoms with E-state index in [0.717, 1.165) is 18.4 Å². The highest BCUT2D eigenvalue weighted by Crippen LogP contribution is 2.29. The Morgan fingerprint density at radius 2 is 1.91 bits per heavy atom. The number of halogens is 3. The lowest BCUT2D eigenvalue weighted by atomic mass is 10.2. The number of hydrogen-bond acceptors (Lipinski definition) is 3. The Morgan fingerprint density at radius 1 is 1.27 bits per heavy atom. The van der Waals surface area contributed by atoms with Crippen LogP contribution in [0.25, 0.3) is 0 Å². The summed E-state index contributed by atoms with van der Waals surface area (Å²) in [6.45, 7) is -1.59. The Kier molecular flexibility index (Phi) is 5.28. The van der Waals surface area contributed by atoms with E-state index < -0.39 is 25.3 Å². The summed E-state index contributed by atoms with van der Waals surface area (Å²) in [5, 5.41) is 0. The van der Waals surface area contributed by atoms with Gasteiger partial charge in [-0.3, -0.25) is 4.79 Å². The Labute approximate surface area is 126 Å². The van der Waals surface area contributed by atoms with Gasteiger partial charge in [-0.15, -0.1) is 0 Å². The van der Waals surface area contributed by atoms with Crippen molar-refractivity contribution < 1.29 is 27.4 Å². The molecule has 4 nitrogen and oxygen atoms in total. The van der Waals surface area contributed by atoms with Crippen molar-refractivity contribution in [2.45, 2.75) is 31.6 Å². The van der Waals surface area contributed by atoms with Crippen molar-refractivity contribution in [1.29, 1.82) is 0 Å². The van der Waals surface area contributed by atoms with Crippen molar-refractivity contribution in [3.05, 3.63) is 29.8 Å². The number of methoxy groups -OCH3 is 1. The summed E-state index contributed by atoms with van der Waals surface area (Å²) in [5.74, 6) is 0.295. The second-order valence-electron chi connectivity index (χ2n) is 5.21. The van der Waals surface area contributed by atoms with E-state index in [2.05, 4.69) is 4.74 Å². The molecule has 0 bridgehead atoms. The smallest absolute Gasteiger partial charge is 0.411 e. The third-order valence-corrected chi connectivity index (χ3v) is 3.31. The van der Waals surface area contributed by atoms with Crippen LogP contribution in [-0.4, -0.2) is 43.3 Å². The van der Waals surface area contributed by atoms with Crippen LogP contribution in [0.5, 0.6) is 5.75 Å². The van der Waals surface area contributed by atoms with Crippen molar-refractivity contribution >= 4 is 5.91 Å². The molecule has 1 fully saturated rings. The van der Waals surface area contributed by atoms with Gasteiger partial charge in [-0.2, -0.15) is 13.2 Å². The molecule has 1 aliphatic rings. The van der Waals surface area contributed by atoms with Crippen LogP contribution in [0, 0.1) is 0 Å². The molecule has 0 spiro atoms. The molecule has 122 valence electrons. The van der Waals surface area contributed by atoms with Crippen LogP contribution in [0.1, 0.15) is 18.4 Å². The minimum Gasteiger partial charge on any atom is -0.497 e. The minimum atomic E-state index is -4.42. The van der Waals surface area contributed by atoms with Crippen LogP contribution < -0.4 is 4.74 Å². The summed E-state index contributed by atoms with van der Waals surface area (Å²) in [6, 6.07) is 7.33. The van der Waals surface area contributed by atoms with Gasteiger partial charge in [-0.25, -0.2) is 0 Å². The molecule has 1 amide bonds. The zero-order chi connectivity index (χ0) is 16.2. The first-order valence-corrected chi connectivity index (χ1v) is 6.96. The fraction of sp³-hybridized carbons (Fsp3) is 0.533. The fourth-order valence-corrected chi connectivity index (χ4v) is 2.07. The summed E-state index contributed by atoms with van der Waals surface area (Å²) in [5.41, 5.74) is 0.900. The lowest BCUT2D eigenvalue weighted by Crippen LogP contribution is -2.36. The molecule has 1 saturated carbocycles. The second-order valence-corrected chi connectivity index (χ2v) is 5.21. The number of carbonyl (C=O) groups is 1. The van der Waals surface area contributed by atoms with E-state index in [1.165, 1.54) is 0 Å². The van der Waals surface area contributed by atoms with E-state index in [4.69, 9.17) is 4.74 Å². The molecule has 0 saturated heterocycles. The summed E-state index contributed by atoms with van der Waals surface area (Å²) in [7, 11) is 1.56. The van der Waals surface area contributed by atoms with Crippen molar-refractivity contribution in [1.82, 2.24) is 4.90 Å². The van der Waals surface area contributed by atoms with Crippen molar-refractivity contribution in [2.24, 2.45) is 0 Å². The molecule has 0 radical (unpaired) electrons. The van der Waals surface area contributed by atoms with E-state index in [-0.39, 0.29) is 6.04 Å². The summed E-state index contributed by atoms with van der Waals surface area (Å²) < 4.78 is 45.6. The third kappa shape index (κ3) is 5.22. The van der Waals surface area contributed by atoms with Crippen molar-refractivity contribution in [3.63, 3.8) is 0 Å². The molecular weight excluding hydrogens is 299 g/mol. The number of benzene rings is 1. The highest BCUT2D eigenvalue weighted by atomic mass is 19.4. The van der Waals surface area contributed by atoms with E-state index in [1.807, 2.05) is 12.1 Å². The van der Waals surface area contributed by atoms with Gasteiger partial charge in [0.2, 0.25) is 5.91 Å². The fourth-order valence-electron chi connectivity index (χ4n) is 2.07. The first kappa shape index (κ1) is 16.6. The summed E-state index contributed by atoms with van der Waals surface area (Å²) in [6.07, 6.45) is -2.66. The first-order valence-electron chi connectivity index (χ1n) is 6.96. The molecule has 1 aliphatic carbocycles. The van der Waals surface area contributed by atoms with E-state index in [0.29, 0.717) is 12.3 Å². The van der Waals surface area contributed by atoms with Crippen LogP contribution >= 0.6 is 0 Å². The number of carbonyl (C=O) groups excluding carboxylic acids is 1. The van der Waals surface area contributed by atoms with Gasteiger partial charge in [-0.1, -0.05) is 12.1 Å². The molecule has 1 aromatic carbocycles. The van der Waals surface area contributed by atoms with Crippen LogP contribution in [0.4, 0.5) is 13.2 Å². The molecule has 0 N–H and O–H groups in total. The average Bonchev–Trinajstić information content (AvgIpc) is 3.28. The normalized spacial score (nSPS) is 14.7. The SMILES string of the molecule is COc1ccc(CN(C(=O)COCC(F)(F)F)C2CC2)cc1. The van der Waals surface area contributed by atoms with Gasteiger partial charge >= 0.3 is 6.18 Å². The van der Waals surface area contributed by atoms with Gasteiger partial charge in [0.1, 0.15) is 19.0 Å². The first-order chi connectivity index (χ1) is 10.4. The van der Waals surface area contributed by atoms with E-state index in [1.54, 1.807) is 24.1 Å². The Bertz CT molecular complexity index is 498. The van der Waals surface area contributed by atoms with Crippen molar-refractivity contribution in [2.75, 3.05) is 20.3 Å². The minimum absolute atomic E-state index is 0.101. The molecule has 2 rings (SSSR count). The quantitative estimate of drug-likeness (QED) is 0.776. The Hall–Kier alpha value is -1.76. The molecule has 7 heteroatoms. The van der Waals surface area contributed by atoms with Gasteiger partial charge in [0, 0.05) is 12.6 Å². The molecule has 0 heterocycles. The number of nitrogens with zero attached hydrogens (tertiary/aromatic N) is 1. The lowest BCUT2D eigenvalue weighted by Gasteiger charge is -2.23. The number of alkyl halides is 3. The van der Waals surface area contributed by atoms with Gasteiger partial charge in [0.05, 0.1) is 7.11 Å². The number of rotatable bonds is 7. The molecule has 0 atom stereocenters. The van der Waals surface area contributed by atoms with Crippen LogP contribution in [0.15, 0.2) is 24.3 Å². The maximum absolute atomic E-state index is 12.0. The zero-order valence-electron chi connectivity index (χ0n) is 12.2. The Balaban J connectivity index is 1.90. The number of amides is 1. The molecule has 22 heavy (non-hydrogen) atoms. The number of ether oxygens (including phenoxy) is 2. The molecule has 0 aliphatic heterocycles. The largest absolute Gasteiger partial charge is 0.497 e. The highest BCUT2D eigenvalue weighted by molar-refractivity contribution is 5.78. The molecule has 1 aromatic rings. The predicted octanol–water partition coefficient (Wildman–Crippen LogP) is 2.77. The zero-order valence-corrected chi connectivity index (χ0v) is 12.2. The van der Waals surface area contributed by atoms with E-state index in [9.17, 15) is 18.0 Å². The highest BCUT2D eigenvalue weighted by Gasteiger charge is 2.33. The number of hydrogen-bond donors (Lipinski definition) is 0. The van der Waals surface area contributed by atoms with Gasteiger partial charge in [0.15, 0.2) is 0 Å². The van der Waals surface area contributed by atoms with Crippen LogP contribution in [0.3, 0.4) is 0 Å². The maximum atomic E-state index is 12.0. The lowest BCUT2D eigenvalue weighted by molar-refractivity contribution is -0.178.